The van der Waals surface area contributed by atoms with Crippen LogP contribution in [0.1, 0.15) is 38.2 Å². The van der Waals surface area contributed by atoms with Crippen LogP contribution in [0, 0.1) is 5.41 Å². The zero-order chi connectivity index (χ0) is 9.15. The van der Waals surface area contributed by atoms with E-state index in [0.717, 1.165) is 5.41 Å². The molecule has 0 bridgehead atoms. The number of aryl methyl sites for hydroxylation is 1. The summed E-state index contributed by atoms with van der Waals surface area (Å²) in [6, 6.07) is 10.8. The molecule has 0 N–H and O–H groups in total. The summed E-state index contributed by atoms with van der Waals surface area (Å²) in [6.07, 6.45) is 6.96. The van der Waals surface area contributed by atoms with Crippen LogP contribution < -0.4 is 0 Å². The molecule has 0 unspecified atom stereocenters. The van der Waals surface area contributed by atoms with Crippen LogP contribution >= 0.6 is 0 Å². The highest BCUT2D eigenvalue weighted by atomic mass is 14.4. The van der Waals surface area contributed by atoms with E-state index in [1.165, 1.54) is 37.7 Å². The minimum absolute atomic E-state index is 0.731. The van der Waals surface area contributed by atoms with Crippen molar-refractivity contribution in [2.45, 2.75) is 39.0 Å². The van der Waals surface area contributed by atoms with Gasteiger partial charge in [0.2, 0.25) is 0 Å². The molecule has 0 heterocycles. The Morgan fingerprint density at radius 3 is 2.46 bits per heavy atom. The van der Waals surface area contributed by atoms with E-state index >= 15 is 0 Å². The van der Waals surface area contributed by atoms with Gasteiger partial charge in [-0.2, -0.15) is 0 Å². The second kappa shape index (κ2) is 3.53. The fourth-order valence-electron chi connectivity index (χ4n) is 1.83. The van der Waals surface area contributed by atoms with Gasteiger partial charge in [-0.15, -0.1) is 0 Å². The maximum absolute atomic E-state index is 2.41. The number of hydrogen-bond donors (Lipinski definition) is 0. The molecular weight excluding hydrogens is 156 g/mol. The summed E-state index contributed by atoms with van der Waals surface area (Å²) in [6.45, 7) is 2.41. The first-order valence-corrected chi connectivity index (χ1v) is 5.32. The second-order valence-electron chi connectivity index (χ2n) is 4.65. The Bertz CT molecular complexity index is 257. The summed E-state index contributed by atoms with van der Waals surface area (Å²) >= 11 is 0. The monoisotopic (exact) mass is 174 g/mol. The van der Waals surface area contributed by atoms with E-state index in [4.69, 9.17) is 0 Å². The molecule has 0 aromatic heterocycles. The zero-order valence-electron chi connectivity index (χ0n) is 8.42. The van der Waals surface area contributed by atoms with Gasteiger partial charge in [0.25, 0.3) is 0 Å². The summed E-state index contributed by atoms with van der Waals surface area (Å²) in [5.74, 6) is 0. The van der Waals surface area contributed by atoms with E-state index in [-0.39, 0.29) is 0 Å². The van der Waals surface area contributed by atoms with Crippen molar-refractivity contribution in [3.8, 4) is 0 Å². The van der Waals surface area contributed by atoms with Crippen molar-refractivity contribution in [2.24, 2.45) is 5.41 Å². The SMILES string of the molecule is CC1(CCCc2ccccc2)CC1. The van der Waals surface area contributed by atoms with E-state index in [0.29, 0.717) is 0 Å². The Balaban J connectivity index is 1.74. The van der Waals surface area contributed by atoms with Gasteiger partial charge < -0.3 is 0 Å². The second-order valence-corrected chi connectivity index (χ2v) is 4.65. The third kappa shape index (κ3) is 2.58. The van der Waals surface area contributed by atoms with Gasteiger partial charge in [0.05, 0.1) is 0 Å². The molecule has 0 heteroatoms. The molecule has 1 fully saturated rings. The first kappa shape index (κ1) is 8.80. The quantitative estimate of drug-likeness (QED) is 0.651. The molecule has 2 rings (SSSR count). The minimum Gasteiger partial charge on any atom is -0.0622 e. The maximum atomic E-state index is 2.41. The third-order valence-corrected chi connectivity index (χ3v) is 3.19. The van der Waals surface area contributed by atoms with E-state index in [2.05, 4.69) is 37.3 Å². The van der Waals surface area contributed by atoms with Gasteiger partial charge in [0.1, 0.15) is 0 Å². The van der Waals surface area contributed by atoms with Crippen molar-refractivity contribution in [3.63, 3.8) is 0 Å². The molecule has 0 saturated heterocycles. The lowest BCUT2D eigenvalue weighted by molar-refractivity contribution is 0.495. The van der Waals surface area contributed by atoms with Crippen LogP contribution in [0.15, 0.2) is 30.3 Å². The van der Waals surface area contributed by atoms with Crippen LogP contribution in [0.3, 0.4) is 0 Å². The fraction of sp³-hybridized carbons (Fsp3) is 0.538. The van der Waals surface area contributed by atoms with Gasteiger partial charge in [0, 0.05) is 0 Å². The Kier molecular flexibility index (Phi) is 2.39. The first-order chi connectivity index (χ1) is 6.29. The molecule has 0 nitrogen and oxygen atoms in total. The standard InChI is InChI=1S/C13H18/c1-13(10-11-13)9-5-8-12-6-3-2-4-7-12/h2-4,6-7H,5,8-11H2,1H3. The van der Waals surface area contributed by atoms with Crippen LogP contribution in [0.5, 0.6) is 0 Å². The predicted molar refractivity (Wildman–Crippen MR) is 56.7 cm³/mol. The lowest BCUT2D eigenvalue weighted by Crippen LogP contribution is -1.94. The van der Waals surface area contributed by atoms with Gasteiger partial charge in [-0.25, -0.2) is 0 Å². The highest BCUT2D eigenvalue weighted by Crippen LogP contribution is 2.48. The van der Waals surface area contributed by atoms with Crippen molar-refractivity contribution in [2.75, 3.05) is 0 Å². The molecule has 0 atom stereocenters. The van der Waals surface area contributed by atoms with Gasteiger partial charge in [-0.1, -0.05) is 37.3 Å². The van der Waals surface area contributed by atoms with Gasteiger partial charge in [-0.3, -0.25) is 0 Å². The van der Waals surface area contributed by atoms with Crippen LogP contribution in [0.2, 0.25) is 0 Å². The highest BCUT2D eigenvalue weighted by Gasteiger charge is 2.35. The number of hydrogen-bond acceptors (Lipinski definition) is 0. The Morgan fingerprint density at radius 2 is 1.85 bits per heavy atom. The molecule has 0 spiro atoms. The lowest BCUT2D eigenvalue weighted by Gasteiger charge is -2.06. The summed E-state index contributed by atoms with van der Waals surface area (Å²) in [7, 11) is 0. The van der Waals surface area contributed by atoms with Crippen molar-refractivity contribution in [3.05, 3.63) is 35.9 Å². The Morgan fingerprint density at radius 1 is 1.15 bits per heavy atom. The molecule has 0 radical (unpaired) electrons. The van der Waals surface area contributed by atoms with Crippen molar-refractivity contribution in [1.82, 2.24) is 0 Å². The van der Waals surface area contributed by atoms with Gasteiger partial charge >= 0.3 is 0 Å². The Labute approximate surface area is 81.0 Å². The van der Waals surface area contributed by atoms with Crippen molar-refractivity contribution < 1.29 is 0 Å². The normalized spacial score (nSPS) is 18.5. The maximum Gasteiger partial charge on any atom is -0.0279 e. The van der Waals surface area contributed by atoms with E-state index < -0.39 is 0 Å². The molecule has 0 amide bonds. The van der Waals surface area contributed by atoms with Crippen molar-refractivity contribution in [1.29, 1.82) is 0 Å². The van der Waals surface area contributed by atoms with Crippen molar-refractivity contribution >= 4 is 0 Å². The van der Waals surface area contributed by atoms with Crippen LogP contribution in [-0.2, 0) is 6.42 Å². The highest BCUT2D eigenvalue weighted by molar-refractivity contribution is 5.14. The van der Waals surface area contributed by atoms with E-state index in [9.17, 15) is 0 Å². The molecule has 13 heavy (non-hydrogen) atoms. The summed E-state index contributed by atoms with van der Waals surface area (Å²) < 4.78 is 0. The lowest BCUT2D eigenvalue weighted by atomic mass is 9.99. The molecular formula is C13H18. The first-order valence-electron chi connectivity index (χ1n) is 5.32. The van der Waals surface area contributed by atoms with Crippen LogP contribution in [0.25, 0.3) is 0 Å². The zero-order valence-corrected chi connectivity index (χ0v) is 8.42. The summed E-state index contributed by atoms with van der Waals surface area (Å²) in [5.41, 5.74) is 2.22. The third-order valence-electron chi connectivity index (χ3n) is 3.19. The molecule has 1 aliphatic carbocycles. The average Bonchev–Trinajstić information content (AvgIpc) is 2.86. The van der Waals surface area contributed by atoms with Crippen LogP contribution in [0.4, 0.5) is 0 Å². The molecule has 0 aliphatic heterocycles. The predicted octanol–water partition coefficient (Wildman–Crippen LogP) is 3.81. The summed E-state index contributed by atoms with van der Waals surface area (Å²) in [4.78, 5) is 0. The molecule has 1 saturated carbocycles. The largest absolute Gasteiger partial charge is 0.0622 e. The van der Waals surface area contributed by atoms with E-state index in [1.54, 1.807) is 0 Å². The molecule has 1 aromatic rings. The number of rotatable bonds is 4. The topological polar surface area (TPSA) is 0 Å². The number of benzene rings is 1. The molecule has 1 aliphatic rings. The molecule has 1 aromatic carbocycles. The van der Waals surface area contributed by atoms with Gasteiger partial charge in [0.15, 0.2) is 0 Å². The minimum atomic E-state index is 0.731. The average molecular weight is 174 g/mol. The Hall–Kier alpha value is -0.780. The van der Waals surface area contributed by atoms with E-state index in [1.807, 2.05) is 0 Å². The van der Waals surface area contributed by atoms with Gasteiger partial charge in [-0.05, 0) is 43.1 Å². The molecule has 70 valence electrons. The summed E-state index contributed by atoms with van der Waals surface area (Å²) in [5, 5.41) is 0. The smallest absolute Gasteiger partial charge is 0.0279 e. The fourth-order valence-corrected chi connectivity index (χ4v) is 1.83. The van der Waals surface area contributed by atoms with Crippen LogP contribution in [-0.4, -0.2) is 0 Å².